The van der Waals surface area contributed by atoms with Crippen molar-refractivity contribution in [1.29, 1.82) is 0 Å². The smallest absolute Gasteiger partial charge is 0.407 e. The fraction of sp³-hybridized carbons (Fsp3) is 0.375. The van der Waals surface area contributed by atoms with Crippen LogP contribution in [-0.4, -0.2) is 38.6 Å². The van der Waals surface area contributed by atoms with Crippen LogP contribution in [0.15, 0.2) is 52.2 Å². The number of fused-ring (bicyclic) bond motifs is 1. The number of halogens is 1. The average Bonchev–Trinajstić information content (AvgIpc) is 2.71. The molecule has 0 bridgehead atoms. The van der Waals surface area contributed by atoms with Crippen molar-refractivity contribution < 1.29 is 18.5 Å². The zero-order chi connectivity index (χ0) is 24.2. The summed E-state index contributed by atoms with van der Waals surface area (Å²) in [5.74, 6) is -0.00577. The van der Waals surface area contributed by atoms with Crippen LogP contribution in [0.1, 0.15) is 39.4 Å². The third kappa shape index (κ3) is 6.33. The lowest BCUT2D eigenvalue weighted by Crippen LogP contribution is -2.33. The molecular weight excluding hydrogens is 445 g/mol. The number of nitrogens with zero attached hydrogens (tertiary/aromatic N) is 2. The fourth-order valence-electron chi connectivity index (χ4n) is 3.45. The van der Waals surface area contributed by atoms with Gasteiger partial charge in [0.1, 0.15) is 28.9 Å². The van der Waals surface area contributed by atoms with E-state index in [0.717, 1.165) is 0 Å². The molecule has 1 aromatic heterocycles. The Balaban J connectivity index is 1.89. The molecule has 1 heterocycles. The summed E-state index contributed by atoms with van der Waals surface area (Å²) >= 11 is -1.39. The lowest BCUT2D eigenvalue weighted by molar-refractivity contribution is 0.0527. The fourth-order valence-corrected chi connectivity index (χ4v) is 4.20. The maximum atomic E-state index is 13.9. The van der Waals surface area contributed by atoms with Gasteiger partial charge >= 0.3 is 6.09 Å². The Morgan fingerprint density at radius 1 is 1.21 bits per heavy atom. The van der Waals surface area contributed by atoms with Gasteiger partial charge in [-0.25, -0.2) is 14.2 Å². The van der Waals surface area contributed by atoms with Crippen molar-refractivity contribution in [2.45, 2.75) is 50.5 Å². The molecule has 7 nitrogen and oxygen atoms in total. The van der Waals surface area contributed by atoms with Crippen LogP contribution in [0.3, 0.4) is 0 Å². The molecule has 2 aromatic carbocycles. The summed E-state index contributed by atoms with van der Waals surface area (Å²) in [5.41, 5.74) is -0.158. The van der Waals surface area contributed by atoms with Crippen LogP contribution >= 0.6 is 0 Å². The summed E-state index contributed by atoms with van der Waals surface area (Å²) in [6, 6.07) is 10.8. The van der Waals surface area contributed by atoms with Gasteiger partial charge in [0.15, 0.2) is 4.90 Å². The summed E-state index contributed by atoms with van der Waals surface area (Å²) in [7, 11) is 0. The van der Waals surface area contributed by atoms with Crippen molar-refractivity contribution in [3.8, 4) is 5.69 Å². The van der Waals surface area contributed by atoms with Gasteiger partial charge in [0.05, 0.1) is 11.2 Å². The second kappa shape index (κ2) is 10.4. The van der Waals surface area contributed by atoms with Gasteiger partial charge in [0.2, 0.25) is 0 Å². The summed E-state index contributed by atoms with van der Waals surface area (Å²) in [4.78, 5) is 30.3. The van der Waals surface area contributed by atoms with Gasteiger partial charge in [0.25, 0.3) is 5.56 Å². The van der Waals surface area contributed by atoms with Gasteiger partial charge < -0.3 is 14.6 Å². The van der Waals surface area contributed by atoms with Crippen LogP contribution in [0.2, 0.25) is 0 Å². The van der Waals surface area contributed by atoms with E-state index < -0.39 is 34.2 Å². The molecule has 1 atom stereocenters. The molecule has 0 aliphatic rings. The van der Waals surface area contributed by atoms with E-state index in [4.69, 9.17) is 4.74 Å². The molecule has 0 spiro atoms. The molecule has 0 saturated carbocycles. The van der Waals surface area contributed by atoms with E-state index in [1.165, 1.54) is 29.0 Å². The van der Waals surface area contributed by atoms with Crippen molar-refractivity contribution in [2.24, 2.45) is 0 Å². The number of ether oxygens (including phenoxy) is 1. The molecule has 0 aliphatic heterocycles. The number of hydrogen-bond acceptors (Lipinski definition) is 5. The average molecular weight is 474 g/mol. The number of hydrogen-bond donors (Lipinski definition) is 1. The highest BCUT2D eigenvalue weighted by molar-refractivity contribution is 7.91. The molecule has 9 heteroatoms. The first-order chi connectivity index (χ1) is 15.6. The predicted molar refractivity (Wildman–Crippen MR) is 127 cm³/mol. The number of carbonyl (C=O) groups excluding carboxylic acids is 1. The predicted octanol–water partition coefficient (Wildman–Crippen LogP) is 4.11. The largest absolute Gasteiger partial charge is 0.612 e. The van der Waals surface area contributed by atoms with Gasteiger partial charge in [-0.15, -0.1) is 0 Å². The molecule has 1 amide bonds. The van der Waals surface area contributed by atoms with E-state index in [2.05, 4.69) is 10.3 Å². The Morgan fingerprint density at radius 2 is 1.94 bits per heavy atom. The number of carbonyl (C=O) groups is 1. The Bertz CT molecular complexity index is 1200. The topological polar surface area (TPSA) is 96.3 Å². The van der Waals surface area contributed by atoms with Crippen LogP contribution in [0, 0.1) is 5.82 Å². The van der Waals surface area contributed by atoms with E-state index in [1.54, 1.807) is 45.0 Å². The summed E-state index contributed by atoms with van der Waals surface area (Å²) in [6.07, 6.45) is 2.71. The first-order valence-electron chi connectivity index (χ1n) is 10.7. The minimum atomic E-state index is -1.39. The van der Waals surface area contributed by atoms with Crippen molar-refractivity contribution in [2.75, 3.05) is 12.8 Å². The molecular formula is C24H28FN3O4S. The van der Waals surface area contributed by atoms with Gasteiger partial charge in [-0.1, -0.05) is 12.1 Å². The number of alkyl carbamates (subject to hydrolysis) is 1. The van der Waals surface area contributed by atoms with Gasteiger partial charge in [-0.2, -0.15) is 0 Å². The lowest BCUT2D eigenvalue weighted by atomic mass is 10.2. The Kier molecular flexibility index (Phi) is 7.76. The van der Waals surface area contributed by atoms with Crippen LogP contribution in [0.5, 0.6) is 0 Å². The Morgan fingerprint density at radius 3 is 2.61 bits per heavy atom. The maximum Gasteiger partial charge on any atom is 0.407 e. The molecule has 176 valence electrons. The maximum absolute atomic E-state index is 13.9. The van der Waals surface area contributed by atoms with E-state index in [0.29, 0.717) is 47.7 Å². The zero-order valence-corrected chi connectivity index (χ0v) is 20.0. The second-order valence-electron chi connectivity index (χ2n) is 8.64. The number of unbranched alkanes of at least 4 members (excludes halogenated alkanes) is 1. The Labute approximate surface area is 195 Å². The van der Waals surface area contributed by atoms with E-state index in [9.17, 15) is 18.5 Å². The molecule has 1 unspecified atom stereocenters. The van der Waals surface area contributed by atoms with Gasteiger partial charge in [-0.05, 0) is 75.1 Å². The van der Waals surface area contributed by atoms with E-state index in [-0.39, 0.29) is 5.39 Å². The van der Waals surface area contributed by atoms with E-state index >= 15 is 0 Å². The highest BCUT2D eigenvalue weighted by Gasteiger charge is 2.20. The minimum Gasteiger partial charge on any atom is -0.612 e. The van der Waals surface area contributed by atoms with Crippen molar-refractivity contribution in [1.82, 2.24) is 14.9 Å². The number of nitrogens with one attached hydrogen (secondary N) is 1. The normalized spacial score (nSPS) is 12.5. The highest BCUT2D eigenvalue weighted by atomic mass is 32.2. The summed E-state index contributed by atoms with van der Waals surface area (Å²) in [5, 5.41) is 2.97. The molecule has 0 fully saturated rings. The first kappa shape index (κ1) is 24.7. The lowest BCUT2D eigenvalue weighted by Gasteiger charge is -2.19. The highest BCUT2D eigenvalue weighted by Crippen LogP contribution is 2.21. The van der Waals surface area contributed by atoms with Crippen LogP contribution in [0.25, 0.3) is 16.6 Å². The number of benzene rings is 2. The molecule has 33 heavy (non-hydrogen) atoms. The van der Waals surface area contributed by atoms with Crippen LogP contribution in [-0.2, 0) is 22.3 Å². The number of aromatic nitrogens is 2. The van der Waals surface area contributed by atoms with Crippen LogP contribution in [0.4, 0.5) is 9.18 Å². The number of aryl methyl sites for hydroxylation is 1. The van der Waals surface area contributed by atoms with Crippen LogP contribution < -0.4 is 10.9 Å². The minimum absolute atomic E-state index is 0.262. The zero-order valence-electron chi connectivity index (χ0n) is 19.2. The van der Waals surface area contributed by atoms with Crippen molar-refractivity contribution in [3.05, 3.63) is 64.5 Å². The van der Waals surface area contributed by atoms with Gasteiger partial charge in [-0.3, -0.25) is 9.36 Å². The molecule has 0 aliphatic carbocycles. The number of rotatable bonds is 7. The molecule has 0 radical (unpaired) electrons. The van der Waals surface area contributed by atoms with Gasteiger partial charge in [0, 0.05) is 13.0 Å². The first-order valence-corrected chi connectivity index (χ1v) is 12.2. The Hall–Kier alpha value is -2.91. The quantitative estimate of drug-likeness (QED) is 0.412. The molecule has 3 aromatic rings. The monoisotopic (exact) mass is 473 g/mol. The summed E-state index contributed by atoms with van der Waals surface area (Å²) in [6.45, 7) is 5.79. The number of amides is 1. The summed E-state index contributed by atoms with van der Waals surface area (Å²) < 4.78 is 32.8. The third-order valence-corrected chi connectivity index (χ3v) is 5.76. The standard InChI is InChI=1S/C24H28FN3O4S/c1-24(2,3)32-23(30)26-14-6-5-13-20-27-18-11-8-12-19(33(4)31)21(18)22(29)28(20)17-10-7-9-16(25)15-17/h7-12,15H,5-6,13-14H2,1-4H3,(H,26,30). The van der Waals surface area contributed by atoms with E-state index in [1.807, 2.05) is 0 Å². The SMILES string of the molecule is C[S+]([O-])c1cccc2nc(CCCCNC(=O)OC(C)(C)C)n(-c3cccc(F)c3)c(=O)c12. The van der Waals surface area contributed by atoms with Crippen molar-refractivity contribution >= 4 is 28.2 Å². The molecule has 0 saturated heterocycles. The molecule has 1 N–H and O–H groups in total. The third-order valence-electron chi connectivity index (χ3n) is 4.80. The molecule has 3 rings (SSSR count). The van der Waals surface area contributed by atoms with Crippen molar-refractivity contribution in [3.63, 3.8) is 0 Å². The second-order valence-corrected chi connectivity index (χ2v) is 9.99.